The first-order valence-corrected chi connectivity index (χ1v) is 7.52. The third-order valence-corrected chi connectivity index (χ3v) is 4.13. The average Bonchev–Trinajstić information content (AvgIpc) is 3.20. The lowest BCUT2D eigenvalue weighted by molar-refractivity contribution is 0.371. The van der Waals surface area contributed by atoms with E-state index in [0.29, 0.717) is 6.04 Å². The zero-order valence-corrected chi connectivity index (χ0v) is 12.0. The van der Waals surface area contributed by atoms with Gasteiger partial charge in [0.1, 0.15) is 0 Å². The molecule has 1 aromatic rings. The highest BCUT2D eigenvalue weighted by atomic mass is 15.3. The largest absolute Gasteiger partial charge is 0.338 e. The summed E-state index contributed by atoms with van der Waals surface area (Å²) in [6, 6.07) is 2.75. The summed E-state index contributed by atoms with van der Waals surface area (Å²) in [5.74, 6) is 1.75. The number of nitrogens with zero attached hydrogens (tertiary/aromatic N) is 3. The normalized spacial score (nSPS) is 20.5. The van der Waals surface area contributed by atoms with E-state index in [2.05, 4.69) is 40.1 Å². The van der Waals surface area contributed by atoms with Gasteiger partial charge in [-0.1, -0.05) is 0 Å². The van der Waals surface area contributed by atoms with Crippen LogP contribution in [0.15, 0.2) is 6.07 Å². The number of piperidine rings is 1. The molecular formula is C15H24N4. The van der Waals surface area contributed by atoms with Crippen molar-refractivity contribution in [2.24, 2.45) is 5.92 Å². The first kappa shape index (κ1) is 12.9. The molecular weight excluding hydrogens is 236 g/mol. The lowest BCUT2D eigenvalue weighted by Gasteiger charge is -2.30. The summed E-state index contributed by atoms with van der Waals surface area (Å²) >= 11 is 0. The molecule has 1 saturated carbocycles. The molecule has 19 heavy (non-hydrogen) atoms. The van der Waals surface area contributed by atoms with Crippen molar-refractivity contribution < 1.29 is 0 Å². The number of aromatic nitrogens is 2. The molecule has 0 unspecified atom stereocenters. The van der Waals surface area contributed by atoms with Crippen LogP contribution in [0, 0.1) is 19.8 Å². The third-order valence-electron chi connectivity index (χ3n) is 4.13. The zero-order chi connectivity index (χ0) is 13.2. The van der Waals surface area contributed by atoms with Crippen LogP contribution >= 0.6 is 0 Å². The predicted molar refractivity (Wildman–Crippen MR) is 77.5 cm³/mol. The van der Waals surface area contributed by atoms with E-state index in [1.807, 2.05) is 0 Å². The molecule has 2 aliphatic rings. The Balaban J connectivity index is 1.76. The van der Waals surface area contributed by atoms with Crippen molar-refractivity contribution in [2.45, 2.75) is 45.6 Å². The van der Waals surface area contributed by atoms with E-state index in [1.54, 1.807) is 0 Å². The minimum atomic E-state index is 0.691. The smallest absolute Gasteiger partial charge is 0.226 e. The maximum Gasteiger partial charge on any atom is 0.226 e. The van der Waals surface area contributed by atoms with E-state index >= 15 is 0 Å². The topological polar surface area (TPSA) is 41.1 Å². The SMILES string of the molecule is Cc1cc(C)nc(N(CC2CCNCC2)C2CC2)n1. The minimum absolute atomic E-state index is 0.691. The Morgan fingerprint density at radius 1 is 1.11 bits per heavy atom. The van der Waals surface area contributed by atoms with Gasteiger partial charge in [-0.15, -0.1) is 0 Å². The molecule has 0 aromatic carbocycles. The Morgan fingerprint density at radius 3 is 2.32 bits per heavy atom. The Bertz CT molecular complexity index is 416. The molecule has 1 aliphatic heterocycles. The van der Waals surface area contributed by atoms with Crippen molar-refractivity contribution in [3.05, 3.63) is 17.5 Å². The first-order valence-electron chi connectivity index (χ1n) is 7.52. The molecule has 1 aromatic heterocycles. The highest BCUT2D eigenvalue weighted by Gasteiger charge is 2.32. The van der Waals surface area contributed by atoms with Crippen LogP contribution in [0.1, 0.15) is 37.1 Å². The number of aryl methyl sites for hydroxylation is 2. The van der Waals surface area contributed by atoms with E-state index in [0.717, 1.165) is 42.9 Å². The summed E-state index contributed by atoms with van der Waals surface area (Å²) in [5.41, 5.74) is 2.16. The van der Waals surface area contributed by atoms with Gasteiger partial charge >= 0.3 is 0 Å². The standard InChI is InChI=1S/C15H24N4/c1-11-9-12(2)18-15(17-11)19(14-3-4-14)10-13-5-7-16-8-6-13/h9,13-14,16H,3-8,10H2,1-2H3. The van der Waals surface area contributed by atoms with Gasteiger partial charge in [0.15, 0.2) is 0 Å². The van der Waals surface area contributed by atoms with Gasteiger partial charge in [0.05, 0.1) is 0 Å². The summed E-state index contributed by atoms with van der Waals surface area (Å²) in [6.07, 6.45) is 5.19. The van der Waals surface area contributed by atoms with Crippen molar-refractivity contribution >= 4 is 5.95 Å². The van der Waals surface area contributed by atoms with Crippen LogP contribution < -0.4 is 10.2 Å². The lowest BCUT2D eigenvalue weighted by Crippen LogP contribution is -2.38. The maximum absolute atomic E-state index is 4.66. The summed E-state index contributed by atoms with van der Waals surface area (Å²) in [4.78, 5) is 11.8. The average molecular weight is 260 g/mol. The van der Waals surface area contributed by atoms with Gasteiger partial charge < -0.3 is 10.2 Å². The number of hydrogen-bond donors (Lipinski definition) is 1. The predicted octanol–water partition coefficient (Wildman–Crippen LogP) is 2.06. The summed E-state index contributed by atoms with van der Waals surface area (Å²) < 4.78 is 0. The molecule has 2 heterocycles. The fourth-order valence-corrected chi connectivity index (χ4v) is 2.96. The van der Waals surface area contributed by atoms with Gasteiger partial charge in [-0.2, -0.15) is 0 Å². The lowest BCUT2D eigenvalue weighted by atomic mass is 9.97. The molecule has 4 nitrogen and oxygen atoms in total. The molecule has 0 bridgehead atoms. The first-order chi connectivity index (χ1) is 9.22. The number of anilines is 1. The Hall–Kier alpha value is -1.16. The van der Waals surface area contributed by atoms with E-state index < -0.39 is 0 Å². The second-order valence-corrected chi connectivity index (χ2v) is 6.03. The van der Waals surface area contributed by atoms with Crippen LogP contribution in [-0.2, 0) is 0 Å². The minimum Gasteiger partial charge on any atom is -0.338 e. The van der Waals surface area contributed by atoms with Crippen LogP contribution in [0.2, 0.25) is 0 Å². The Labute approximate surface area is 115 Å². The number of nitrogens with one attached hydrogen (secondary N) is 1. The van der Waals surface area contributed by atoms with Crippen LogP contribution in [0.4, 0.5) is 5.95 Å². The molecule has 4 heteroatoms. The highest BCUT2D eigenvalue weighted by Crippen LogP contribution is 2.31. The van der Waals surface area contributed by atoms with E-state index in [-0.39, 0.29) is 0 Å². The van der Waals surface area contributed by atoms with Crippen molar-refractivity contribution in [2.75, 3.05) is 24.5 Å². The molecule has 2 fully saturated rings. The molecule has 3 rings (SSSR count). The highest BCUT2D eigenvalue weighted by molar-refractivity contribution is 5.36. The molecule has 0 radical (unpaired) electrons. The monoisotopic (exact) mass is 260 g/mol. The second-order valence-electron chi connectivity index (χ2n) is 6.03. The summed E-state index contributed by atoms with van der Waals surface area (Å²) in [7, 11) is 0. The van der Waals surface area contributed by atoms with Crippen molar-refractivity contribution in [3.63, 3.8) is 0 Å². The fourth-order valence-electron chi connectivity index (χ4n) is 2.96. The van der Waals surface area contributed by atoms with Gasteiger partial charge in [-0.05, 0) is 64.6 Å². The number of hydrogen-bond acceptors (Lipinski definition) is 4. The van der Waals surface area contributed by atoms with E-state index in [1.165, 1.54) is 25.7 Å². The quantitative estimate of drug-likeness (QED) is 0.899. The van der Waals surface area contributed by atoms with Crippen molar-refractivity contribution in [1.29, 1.82) is 0 Å². The molecule has 104 valence electrons. The van der Waals surface area contributed by atoms with E-state index in [4.69, 9.17) is 0 Å². The van der Waals surface area contributed by atoms with E-state index in [9.17, 15) is 0 Å². The zero-order valence-electron chi connectivity index (χ0n) is 12.0. The molecule has 0 amide bonds. The van der Waals surface area contributed by atoms with Crippen molar-refractivity contribution in [3.8, 4) is 0 Å². The summed E-state index contributed by atoms with van der Waals surface area (Å²) in [6.45, 7) is 7.59. The van der Waals surface area contributed by atoms with Crippen molar-refractivity contribution in [1.82, 2.24) is 15.3 Å². The molecule has 1 aliphatic carbocycles. The molecule has 0 spiro atoms. The van der Waals surface area contributed by atoms with Gasteiger partial charge in [0.2, 0.25) is 5.95 Å². The number of rotatable bonds is 4. The third kappa shape index (κ3) is 3.24. The molecule has 1 N–H and O–H groups in total. The van der Waals surface area contributed by atoms with Crippen LogP contribution in [0.3, 0.4) is 0 Å². The Kier molecular flexibility index (Phi) is 3.69. The maximum atomic E-state index is 4.66. The fraction of sp³-hybridized carbons (Fsp3) is 0.733. The van der Waals surface area contributed by atoms with Gasteiger partial charge in [0.25, 0.3) is 0 Å². The van der Waals surface area contributed by atoms with Crippen LogP contribution in [0.5, 0.6) is 0 Å². The molecule has 0 atom stereocenters. The molecule has 1 saturated heterocycles. The van der Waals surface area contributed by atoms with Crippen LogP contribution in [-0.4, -0.2) is 35.6 Å². The van der Waals surface area contributed by atoms with Gasteiger partial charge in [0, 0.05) is 24.0 Å². The summed E-state index contributed by atoms with van der Waals surface area (Å²) in [5, 5.41) is 3.44. The van der Waals surface area contributed by atoms with Gasteiger partial charge in [-0.25, -0.2) is 9.97 Å². The van der Waals surface area contributed by atoms with Gasteiger partial charge in [-0.3, -0.25) is 0 Å². The van der Waals surface area contributed by atoms with Crippen LogP contribution in [0.25, 0.3) is 0 Å². The second kappa shape index (κ2) is 5.45. The Morgan fingerprint density at radius 2 is 1.74 bits per heavy atom.